The van der Waals surface area contributed by atoms with Gasteiger partial charge in [0.1, 0.15) is 5.75 Å². The molecule has 0 saturated heterocycles. The molecule has 3 heterocycles. The number of ether oxygens (including phenoxy) is 1. The lowest BCUT2D eigenvalue weighted by Crippen LogP contribution is -2.23. The van der Waals surface area contributed by atoms with E-state index in [0.717, 1.165) is 17.1 Å². The van der Waals surface area contributed by atoms with E-state index in [9.17, 15) is 0 Å². The van der Waals surface area contributed by atoms with Crippen molar-refractivity contribution in [2.24, 2.45) is 0 Å². The maximum absolute atomic E-state index is 5.88. The van der Waals surface area contributed by atoms with Crippen LogP contribution in [0.3, 0.4) is 0 Å². The van der Waals surface area contributed by atoms with Crippen LogP contribution in [-0.2, 0) is 0 Å². The van der Waals surface area contributed by atoms with Gasteiger partial charge in [-0.1, -0.05) is 17.3 Å². The molecule has 2 N–H and O–H groups in total. The smallest absolute Gasteiger partial charge is 0.269 e. The zero-order valence-electron chi connectivity index (χ0n) is 10.5. The maximum Gasteiger partial charge on any atom is 0.269 e. The molecule has 2 aromatic heterocycles. The Hall–Kier alpha value is -2.76. The average molecular weight is 268 g/mol. The summed E-state index contributed by atoms with van der Waals surface area (Å²) >= 11 is 0. The van der Waals surface area contributed by atoms with Crippen molar-refractivity contribution in [3.05, 3.63) is 48.5 Å². The summed E-state index contributed by atoms with van der Waals surface area (Å²) in [4.78, 5) is 7.42. The number of hydrogen-bond donors (Lipinski definition) is 2. The first-order valence-corrected chi connectivity index (χ1v) is 6.37. The number of aromatic amines is 1. The molecule has 1 unspecified atom stereocenters. The first-order chi connectivity index (χ1) is 9.90. The molecule has 0 aliphatic carbocycles. The predicted molar refractivity (Wildman–Crippen MR) is 72.4 cm³/mol. The number of benzene rings is 1. The van der Waals surface area contributed by atoms with Gasteiger partial charge in [0, 0.05) is 6.20 Å². The first-order valence-electron chi connectivity index (χ1n) is 6.37. The Balaban J connectivity index is 1.60. The van der Waals surface area contributed by atoms with Crippen molar-refractivity contribution in [3.8, 4) is 17.3 Å². The Morgan fingerprint density at radius 3 is 3.00 bits per heavy atom. The summed E-state index contributed by atoms with van der Waals surface area (Å²) in [6.45, 7) is 0.601. The fourth-order valence-corrected chi connectivity index (χ4v) is 2.20. The molecule has 0 radical (unpaired) electrons. The van der Waals surface area contributed by atoms with Gasteiger partial charge < -0.3 is 19.6 Å². The highest BCUT2D eigenvalue weighted by Gasteiger charge is 2.26. The normalized spacial score (nSPS) is 17.1. The van der Waals surface area contributed by atoms with Crippen molar-refractivity contribution in [2.75, 3.05) is 11.9 Å². The molecule has 6 nitrogen and oxygen atoms in total. The van der Waals surface area contributed by atoms with Crippen molar-refractivity contribution in [3.63, 3.8) is 0 Å². The van der Waals surface area contributed by atoms with E-state index in [1.165, 1.54) is 0 Å². The molecule has 1 aliphatic heterocycles. The molecule has 3 aromatic rings. The molecule has 20 heavy (non-hydrogen) atoms. The summed E-state index contributed by atoms with van der Waals surface area (Å²) in [5.41, 5.74) is 1.80. The van der Waals surface area contributed by atoms with Crippen LogP contribution in [0.2, 0.25) is 0 Å². The maximum atomic E-state index is 5.88. The van der Waals surface area contributed by atoms with E-state index in [4.69, 9.17) is 9.26 Å². The summed E-state index contributed by atoms with van der Waals surface area (Å²) < 4.78 is 11.2. The second-order valence-electron chi connectivity index (χ2n) is 4.52. The fraction of sp³-hybridized carbons (Fsp3) is 0.143. The molecule has 0 saturated carbocycles. The van der Waals surface area contributed by atoms with E-state index >= 15 is 0 Å². The average Bonchev–Trinajstić information content (AvgIpc) is 3.17. The van der Waals surface area contributed by atoms with Crippen LogP contribution >= 0.6 is 0 Å². The van der Waals surface area contributed by atoms with Crippen molar-refractivity contribution < 1.29 is 9.26 Å². The minimum atomic E-state index is -0.277. The lowest BCUT2D eigenvalue weighted by atomic mass is 10.2. The van der Waals surface area contributed by atoms with Crippen LogP contribution in [0.5, 0.6) is 5.75 Å². The largest absolute Gasteiger partial charge is 0.477 e. The Bertz CT molecular complexity index is 720. The number of nitrogens with one attached hydrogen (secondary N) is 2. The lowest BCUT2D eigenvalue weighted by Gasteiger charge is -2.24. The fourth-order valence-electron chi connectivity index (χ4n) is 2.20. The molecule has 100 valence electrons. The summed E-state index contributed by atoms with van der Waals surface area (Å²) in [5, 5.41) is 7.26. The van der Waals surface area contributed by atoms with Gasteiger partial charge in [-0.15, -0.1) is 0 Å². The Morgan fingerprint density at radius 1 is 1.15 bits per heavy atom. The van der Waals surface area contributed by atoms with Crippen LogP contribution in [0.1, 0.15) is 12.0 Å². The molecule has 0 amide bonds. The van der Waals surface area contributed by atoms with Gasteiger partial charge in [0.2, 0.25) is 5.82 Å². The highest BCUT2D eigenvalue weighted by atomic mass is 16.5. The summed E-state index contributed by atoms with van der Waals surface area (Å²) in [6.07, 6.45) is 1.54. The van der Waals surface area contributed by atoms with Crippen LogP contribution < -0.4 is 10.1 Å². The third-order valence-corrected chi connectivity index (χ3v) is 3.19. The van der Waals surface area contributed by atoms with E-state index < -0.39 is 0 Å². The van der Waals surface area contributed by atoms with Gasteiger partial charge in [0.15, 0.2) is 6.10 Å². The molecule has 4 rings (SSSR count). The molecule has 6 heteroatoms. The zero-order valence-corrected chi connectivity index (χ0v) is 10.5. The quantitative estimate of drug-likeness (QED) is 0.747. The van der Waals surface area contributed by atoms with Gasteiger partial charge in [-0.05, 0) is 24.3 Å². The Kier molecular flexibility index (Phi) is 2.45. The van der Waals surface area contributed by atoms with E-state index in [1.807, 2.05) is 42.6 Å². The molecule has 0 spiro atoms. The number of anilines is 1. The van der Waals surface area contributed by atoms with Crippen molar-refractivity contribution >= 4 is 5.69 Å². The molecule has 1 aromatic carbocycles. The zero-order chi connectivity index (χ0) is 13.4. The van der Waals surface area contributed by atoms with Gasteiger partial charge in [0.25, 0.3) is 5.89 Å². The van der Waals surface area contributed by atoms with Gasteiger partial charge in [-0.3, -0.25) is 0 Å². The third kappa shape index (κ3) is 1.82. The van der Waals surface area contributed by atoms with E-state index in [1.54, 1.807) is 0 Å². The van der Waals surface area contributed by atoms with Gasteiger partial charge in [0.05, 0.1) is 17.9 Å². The molecular formula is C14H12N4O2. The van der Waals surface area contributed by atoms with Crippen LogP contribution in [0.4, 0.5) is 5.69 Å². The van der Waals surface area contributed by atoms with Crippen LogP contribution in [0.25, 0.3) is 11.5 Å². The van der Waals surface area contributed by atoms with Gasteiger partial charge in [-0.2, -0.15) is 4.98 Å². The first kappa shape index (κ1) is 11.1. The standard InChI is InChI=1S/C14H12N4O2/c1-2-6-11-9(4-1)16-8-12(19-11)14-17-13(18-20-14)10-5-3-7-15-10/h1-7,12,15-16H,8H2. The summed E-state index contributed by atoms with van der Waals surface area (Å²) in [5.74, 6) is 1.80. The second-order valence-corrected chi connectivity index (χ2v) is 4.52. The highest BCUT2D eigenvalue weighted by molar-refractivity contribution is 5.58. The molecule has 1 atom stereocenters. The number of nitrogens with zero attached hydrogens (tertiary/aromatic N) is 2. The summed E-state index contributed by atoms with van der Waals surface area (Å²) in [6, 6.07) is 11.6. The number of aromatic nitrogens is 3. The molecule has 0 fully saturated rings. The third-order valence-electron chi connectivity index (χ3n) is 3.19. The van der Waals surface area contributed by atoms with Crippen molar-refractivity contribution in [1.29, 1.82) is 0 Å². The predicted octanol–water partition coefficient (Wildman–Crippen LogP) is 2.61. The van der Waals surface area contributed by atoms with Crippen LogP contribution in [0.15, 0.2) is 47.1 Å². The van der Waals surface area contributed by atoms with Gasteiger partial charge in [-0.25, -0.2) is 0 Å². The minimum absolute atomic E-state index is 0.277. The van der Waals surface area contributed by atoms with E-state index in [0.29, 0.717) is 18.3 Å². The van der Waals surface area contributed by atoms with E-state index in [-0.39, 0.29) is 6.10 Å². The van der Waals surface area contributed by atoms with Gasteiger partial charge >= 0.3 is 0 Å². The van der Waals surface area contributed by atoms with Crippen LogP contribution in [0, 0.1) is 0 Å². The Labute approximate surface area is 114 Å². The van der Waals surface area contributed by atoms with Crippen LogP contribution in [-0.4, -0.2) is 21.7 Å². The van der Waals surface area contributed by atoms with Crippen molar-refractivity contribution in [2.45, 2.75) is 6.10 Å². The molecule has 0 bridgehead atoms. The monoisotopic (exact) mass is 268 g/mol. The Morgan fingerprint density at radius 2 is 2.10 bits per heavy atom. The number of rotatable bonds is 2. The summed E-state index contributed by atoms with van der Waals surface area (Å²) in [7, 11) is 0. The minimum Gasteiger partial charge on any atom is -0.477 e. The van der Waals surface area contributed by atoms with E-state index in [2.05, 4.69) is 20.4 Å². The van der Waals surface area contributed by atoms with Crippen molar-refractivity contribution in [1.82, 2.24) is 15.1 Å². The molecular weight excluding hydrogens is 256 g/mol. The topological polar surface area (TPSA) is 76.0 Å². The lowest BCUT2D eigenvalue weighted by molar-refractivity contribution is 0.163. The number of para-hydroxylation sites is 2. The number of hydrogen-bond acceptors (Lipinski definition) is 5. The second kappa shape index (κ2) is 4.41. The number of H-pyrrole nitrogens is 1. The number of fused-ring (bicyclic) bond motifs is 1. The SMILES string of the molecule is c1c[nH]c(-c2noc(C3CNc4ccccc4O3)n2)c1. The molecule has 1 aliphatic rings. The highest BCUT2D eigenvalue weighted by Crippen LogP contribution is 2.33.